The molecule has 4 nitrogen and oxygen atoms in total. The summed E-state index contributed by atoms with van der Waals surface area (Å²) in [6.07, 6.45) is 1.26. The van der Waals surface area contributed by atoms with Crippen LogP contribution in [0.4, 0.5) is 10.1 Å². The zero-order chi connectivity index (χ0) is 21.5. The van der Waals surface area contributed by atoms with Crippen molar-refractivity contribution >= 4 is 50.7 Å². The van der Waals surface area contributed by atoms with Crippen molar-refractivity contribution in [2.75, 3.05) is 4.90 Å². The van der Waals surface area contributed by atoms with Crippen molar-refractivity contribution in [1.82, 2.24) is 0 Å². The molecule has 1 atom stereocenters. The summed E-state index contributed by atoms with van der Waals surface area (Å²) in [6, 6.07) is 17.8. The smallest absolute Gasteiger partial charge is 0.271 e. The largest absolute Gasteiger partial charge is 0.286 e. The van der Waals surface area contributed by atoms with Crippen molar-refractivity contribution in [3.05, 3.63) is 105 Å². The number of benzene rings is 3. The lowest BCUT2D eigenvalue weighted by atomic mass is 10.1. The number of rotatable bonds is 3. The van der Waals surface area contributed by atoms with Gasteiger partial charge < -0.3 is 0 Å². The Bertz CT molecular complexity index is 1240. The highest BCUT2D eigenvalue weighted by atomic mass is 35.5. The molecule has 3 aromatic rings. The number of amides is 1. The van der Waals surface area contributed by atoms with Gasteiger partial charge in [0.1, 0.15) is 10.7 Å². The minimum absolute atomic E-state index is 0.371. The summed E-state index contributed by atoms with van der Waals surface area (Å²) in [5.41, 5.74) is 1.18. The van der Waals surface area contributed by atoms with Gasteiger partial charge in [0.15, 0.2) is 5.37 Å². The van der Waals surface area contributed by atoms with Crippen LogP contribution in [0.15, 0.2) is 77.7 Å². The molecular formula is C22H14Cl2FNO3S. The van der Waals surface area contributed by atoms with Gasteiger partial charge in [0.05, 0.1) is 0 Å². The lowest BCUT2D eigenvalue weighted by Crippen LogP contribution is -2.28. The topological polar surface area (TPSA) is 54.5 Å². The Hall–Kier alpha value is -2.67. The van der Waals surface area contributed by atoms with Crippen LogP contribution in [0.2, 0.25) is 10.0 Å². The number of hydrogen-bond donors (Lipinski definition) is 0. The summed E-state index contributed by atoms with van der Waals surface area (Å²) in [7, 11) is -4.09. The van der Waals surface area contributed by atoms with E-state index in [0.717, 1.165) is 0 Å². The second-order valence-corrected chi connectivity index (χ2v) is 9.51. The normalized spacial score (nSPS) is 19.4. The molecule has 1 saturated heterocycles. The minimum Gasteiger partial charge on any atom is -0.286 e. The van der Waals surface area contributed by atoms with Gasteiger partial charge in [-0.2, -0.15) is 0 Å². The van der Waals surface area contributed by atoms with Crippen LogP contribution >= 0.6 is 23.2 Å². The van der Waals surface area contributed by atoms with Crippen LogP contribution in [0, 0.1) is 5.82 Å². The second-order valence-electron chi connectivity index (χ2n) is 6.66. The highest BCUT2D eigenvalue weighted by Gasteiger charge is 2.50. The van der Waals surface area contributed by atoms with Crippen molar-refractivity contribution < 1.29 is 17.6 Å². The molecule has 1 aliphatic rings. The average Bonchev–Trinajstić information content (AvgIpc) is 2.91. The van der Waals surface area contributed by atoms with E-state index in [1.807, 2.05) is 0 Å². The molecule has 0 spiro atoms. The Morgan fingerprint density at radius 3 is 1.93 bits per heavy atom. The molecule has 0 bridgehead atoms. The first kappa shape index (κ1) is 20.6. The fraction of sp³-hybridized carbons (Fsp3) is 0.0455. The highest BCUT2D eigenvalue weighted by Crippen LogP contribution is 2.43. The van der Waals surface area contributed by atoms with Gasteiger partial charge in [0.25, 0.3) is 5.91 Å². The molecule has 0 aliphatic carbocycles. The standard InChI is InChI=1S/C22H14Cl2FNO3S/c23-16-5-3-15(4-6-16)22-26(19-11-7-17(24)8-12-19)21(27)20(30(22,28)29)13-14-1-9-18(25)10-2-14/h1-13,22H/b20-13+. The van der Waals surface area contributed by atoms with Gasteiger partial charge in [-0.05, 0) is 65.7 Å². The predicted octanol–water partition coefficient (Wildman–Crippen LogP) is 5.63. The van der Waals surface area contributed by atoms with Gasteiger partial charge in [0.2, 0.25) is 9.84 Å². The van der Waals surface area contributed by atoms with Crippen LogP contribution in [0.1, 0.15) is 16.5 Å². The maximum Gasteiger partial charge on any atom is 0.271 e. The summed E-state index contributed by atoms with van der Waals surface area (Å²) in [6.45, 7) is 0. The Labute approximate surface area is 183 Å². The zero-order valence-corrected chi connectivity index (χ0v) is 17.6. The summed E-state index contributed by atoms with van der Waals surface area (Å²) < 4.78 is 40.1. The van der Waals surface area contributed by atoms with E-state index >= 15 is 0 Å². The molecule has 0 aromatic heterocycles. The van der Waals surface area contributed by atoms with Crippen molar-refractivity contribution in [3.8, 4) is 0 Å². The third-order valence-corrected chi connectivity index (χ3v) is 7.17. The average molecular weight is 462 g/mol. The molecule has 0 saturated carbocycles. The predicted molar refractivity (Wildman–Crippen MR) is 116 cm³/mol. The molecule has 1 amide bonds. The van der Waals surface area contributed by atoms with Gasteiger partial charge in [-0.3, -0.25) is 9.69 Å². The minimum atomic E-state index is -4.09. The highest BCUT2D eigenvalue weighted by molar-refractivity contribution is 7.97. The lowest BCUT2D eigenvalue weighted by Gasteiger charge is -2.23. The van der Waals surface area contributed by atoms with E-state index in [4.69, 9.17) is 23.2 Å². The van der Waals surface area contributed by atoms with Crippen LogP contribution in [0.25, 0.3) is 6.08 Å². The van der Waals surface area contributed by atoms with Gasteiger partial charge in [-0.1, -0.05) is 47.5 Å². The molecule has 8 heteroatoms. The fourth-order valence-corrected chi connectivity index (χ4v) is 5.42. The molecule has 1 fully saturated rings. The Kier molecular flexibility index (Phi) is 5.40. The molecule has 1 aliphatic heterocycles. The van der Waals surface area contributed by atoms with Crippen LogP contribution in [-0.4, -0.2) is 14.3 Å². The van der Waals surface area contributed by atoms with Crippen molar-refractivity contribution in [2.45, 2.75) is 5.37 Å². The zero-order valence-electron chi connectivity index (χ0n) is 15.3. The van der Waals surface area contributed by atoms with Crippen molar-refractivity contribution in [2.24, 2.45) is 0 Å². The summed E-state index contributed by atoms with van der Waals surface area (Å²) in [4.78, 5) is 14.1. The molecule has 3 aromatic carbocycles. The van der Waals surface area contributed by atoms with Crippen LogP contribution < -0.4 is 4.90 Å². The fourth-order valence-electron chi connectivity index (χ4n) is 3.27. The molecule has 152 valence electrons. The van der Waals surface area contributed by atoms with E-state index in [9.17, 15) is 17.6 Å². The van der Waals surface area contributed by atoms with Crippen LogP contribution in [0.5, 0.6) is 0 Å². The van der Waals surface area contributed by atoms with Crippen LogP contribution in [0.3, 0.4) is 0 Å². The number of hydrogen-bond acceptors (Lipinski definition) is 3. The number of carbonyl (C=O) groups is 1. The van der Waals surface area contributed by atoms with E-state index in [1.165, 1.54) is 35.2 Å². The Morgan fingerprint density at radius 2 is 1.37 bits per heavy atom. The van der Waals surface area contributed by atoms with Gasteiger partial charge in [0, 0.05) is 15.7 Å². The van der Waals surface area contributed by atoms with Crippen molar-refractivity contribution in [1.29, 1.82) is 0 Å². The summed E-state index contributed by atoms with van der Waals surface area (Å²) >= 11 is 11.9. The Balaban J connectivity index is 1.90. The maximum absolute atomic E-state index is 13.4. The molecule has 30 heavy (non-hydrogen) atoms. The molecule has 0 radical (unpaired) electrons. The maximum atomic E-state index is 13.4. The van der Waals surface area contributed by atoms with E-state index in [1.54, 1.807) is 48.5 Å². The number of halogens is 3. The monoisotopic (exact) mass is 461 g/mol. The van der Waals surface area contributed by atoms with E-state index in [0.29, 0.717) is 26.9 Å². The number of carbonyl (C=O) groups excluding carboxylic acids is 1. The number of anilines is 1. The van der Waals surface area contributed by atoms with Gasteiger partial charge in [-0.25, -0.2) is 12.8 Å². The molecular weight excluding hydrogens is 448 g/mol. The second kappa shape index (κ2) is 7.87. The van der Waals surface area contributed by atoms with E-state index in [-0.39, 0.29) is 4.91 Å². The first-order chi connectivity index (χ1) is 14.3. The van der Waals surface area contributed by atoms with E-state index in [2.05, 4.69) is 0 Å². The third-order valence-electron chi connectivity index (χ3n) is 4.69. The third kappa shape index (κ3) is 3.74. The van der Waals surface area contributed by atoms with Gasteiger partial charge in [-0.15, -0.1) is 0 Å². The molecule has 1 heterocycles. The molecule has 0 N–H and O–H groups in total. The van der Waals surface area contributed by atoms with Gasteiger partial charge >= 0.3 is 0 Å². The van der Waals surface area contributed by atoms with E-state index < -0.39 is 26.9 Å². The molecule has 4 rings (SSSR count). The Morgan fingerprint density at radius 1 is 0.833 bits per heavy atom. The number of nitrogens with zero attached hydrogens (tertiary/aromatic N) is 1. The van der Waals surface area contributed by atoms with Crippen molar-refractivity contribution in [3.63, 3.8) is 0 Å². The first-order valence-electron chi connectivity index (χ1n) is 8.83. The SMILES string of the molecule is O=C1/C(=C\c2ccc(F)cc2)S(=O)(=O)C(c2ccc(Cl)cc2)N1c1ccc(Cl)cc1. The number of sulfone groups is 1. The lowest BCUT2D eigenvalue weighted by molar-refractivity contribution is -0.114. The van der Waals surface area contributed by atoms with Crippen LogP contribution in [-0.2, 0) is 14.6 Å². The summed E-state index contributed by atoms with van der Waals surface area (Å²) in [5, 5.41) is -0.367. The molecule has 1 unspecified atom stereocenters. The summed E-state index contributed by atoms with van der Waals surface area (Å²) in [5.74, 6) is -1.14. The quantitative estimate of drug-likeness (QED) is 0.474. The first-order valence-corrected chi connectivity index (χ1v) is 11.1.